The average Bonchev–Trinajstić information content (AvgIpc) is 2.18. The minimum atomic E-state index is -4.36. The Labute approximate surface area is 101 Å². The van der Waals surface area contributed by atoms with Crippen LogP contribution in [0.25, 0.3) is 0 Å². The van der Waals surface area contributed by atoms with E-state index in [-0.39, 0.29) is 12.7 Å². The fourth-order valence-corrected chi connectivity index (χ4v) is 1.62. The van der Waals surface area contributed by atoms with E-state index < -0.39 is 7.82 Å². The van der Waals surface area contributed by atoms with Crippen LogP contribution in [0.15, 0.2) is 24.3 Å². The summed E-state index contributed by atoms with van der Waals surface area (Å²) < 4.78 is 20.3. The van der Waals surface area contributed by atoms with E-state index in [1.807, 2.05) is 38.1 Å². The number of rotatable bonds is 6. The smallest absolute Gasteiger partial charge is 0.469 e. The molecule has 96 valence electrons. The van der Waals surface area contributed by atoms with Crippen molar-refractivity contribution in [3.05, 3.63) is 29.8 Å². The number of hydrogen-bond donors (Lipinski definition) is 2. The van der Waals surface area contributed by atoms with Crippen molar-refractivity contribution in [2.24, 2.45) is 0 Å². The molecule has 0 aromatic heterocycles. The van der Waals surface area contributed by atoms with Crippen molar-refractivity contribution in [2.75, 3.05) is 6.61 Å². The van der Waals surface area contributed by atoms with E-state index in [4.69, 9.17) is 14.5 Å². The SMILES string of the molecule is CC(C)Oc1ccc(CCOP(=O)(O)O)cc1. The highest BCUT2D eigenvalue weighted by atomic mass is 31.2. The predicted octanol–water partition coefficient (Wildman–Crippen LogP) is 2.13. The lowest BCUT2D eigenvalue weighted by atomic mass is 10.1. The quantitative estimate of drug-likeness (QED) is 0.766. The van der Waals surface area contributed by atoms with Gasteiger partial charge >= 0.3 is 7.82 Å². The zero-order chi connectivity index (χ0) is 12.9. The molecule has 0 fully saturated rings. The molecule has 5 nitrogen and oxygen atoms in total. The lowest BCUT2D eigenvalue weighted by molar-refractivity contribution is 0.199. The second-order valence-corrected chi connectivity index (χ2v) is 5.12. The normalized spacial score (nSPS) is 11.8. The summed E-state index contributed by atoms with van der Waals surface area (Å²) in [5.74, 6) is 0.777. The molecule has 0 aliphatic heterocycles. The third kappa shape index (κ3) is 6.44. The number of phosphoric ester groups is 1. The van der Waals surface area contributed by atoms with Crippen LogP contribution in [-0.2, 0) is 15.5 Å². The highest BCUT2D eigenvalue weighted by molar-refractivity contribution is 7.46. The van der Waals surface area contributed by atoms with E-state index in [9.17, 15) is 4.57 Å². The summed E-state index contributed by atoms with van der Waals surface area (Å²) in [6.07, 6.45) is 0.575. The Balaban J connectivity index is 2.43. The van der Waals surface area contributed by atoms with Gasteiger partial charge in [-0.1, -0.05) is 12.1 Å². The minimum absolute atomic E-state index is 0.00530. The van der Waals surface area contributed by atoms with Crippen molar-refractivity contribution >= 4 is 7.82 Å². The first kappa shape index (κ1) is 14.2. The molecule has 1 aromatic rings. The maximum absolute atomic E-state index is 10.4. The molecule has 0 atom stereocenters. The van der Waals surface area contributed by atoms with Crippen LogP contribution < -0.4 is 4.74 Å². The third-order valence-corrected chi connectivity index (χ3v) is 2.46. The van der Waals surface area contributed by atoms with Crippen molar-refractivity contribution in [3.63, 3.8) is 0 Å². The fraction of sp³-hybridized carbons (Fsp3) is 0.455. The number of hydrogen-bond acceptors (Lipinski definition) is 3. The van der Waals surface area contributed by atoms with Crippen LogP contribution in [0.4, 0.5) is 0 Å². The molecular formula is C11H17O5P. The molecule has 6 heteroatoms. The summed E-state index contributed by atoms with van der Waals surface area (Å²) in [6, 6.07) is 7.35. The molecule has 2 N–H and O–H groups in total. The zero-order valence-electron chi connectivity index (χ0n) is 9.87. The highest BCUT2D eigenvalue weighted by Gasteiger charge is 2.12. The van der Waals surface area contributed by atoms with Gasteiger partial charge in [-0.25, -0.2) is 4.57 Å². The van der Waals surface area contributed by atoms with Gasteiger partial charge in [0, 0.05) is 0 Å². The molecule has 0 bridgehead atoms. The zero-order valence-corrected chi connectivity index (χ0v) is 10.8. The molecule has 0 amide bonds. The summed E-state index contributed by atoms with van der Waals surface area (Å²) in [6.45, 7) is 3.89. The fourth-order valence-electron chi connectivity index (χ4n) is 1.29. The Hall–Kier alpha value is -0.870. The van der Waals surface area contributed by atoms with Gasteiger partial charge in [0.25, 0.3) is 0 Å². The Morgan fingerprint density at radius 2 is 1.82 bits per heavy atom. The number of benzene rings is 1. The van der Waals surface area contributed by atoms with Crippen molar-refractivity contribution in [3.8, 4) is 5.75 Å². The second-order valence-electron chi connectivity index (χ2n) is 3.88. The first-order valence-corrected chi connectivity index (χ1v) is 6.85. The van der Waals surface area contributed by atoms with Gasteiger partial charge in [-0.2, -0.15) is 0 Å². The highest BCUT2D eigenvalue weighted by Crippen LogP contribution is 2.35. The van der Waals surface area contributed by atoms with Crippen LogP contribution >= 0.6 is 7.82 Å². The van der Waals surface area contributed by atoms with Crippen LogP contribution in [0.5, 0.6) is 5.75 Å². The summed E-state index contributed by atoms with van der Waals surface area (Å²) >= 11 is 0. The molecule has 0 heterocycles. The van der Waals surface area contributed by atoms with Crippen molar-refractivity contribution in [1.29, 1.82) is 0 Å². The van der Waals surface area contributed by atoms with E-state index in [1.165, 1.54) is 0 Å². The minimum Gasteiger partial charge on any atom is -0.491 e. The molecule has 1 rings (SSSR count). The Morgan fingerprint density at radius 3 is 2.29 bits per heavy atom. The molecule has 0 spiro atoms. The molecule has 0 saturated carbocycles. The summed E-state index contributed by atoms with van der Waals surface area (Å²) in [5, 5.41) is 0. The lowest BCUT2D eigenvalue weighted by Gasteiger charge is -2.10. The van der Waals surface area contributed by atoms with Crippen LogP contribution in [0, 0.1) is 0 Å². The molecular weight excluding hydrogens is 243 g/mol. The van der Waals surface area contributed by atoms with Gasteiger partial charge in [0.2, 0.25) is 0 Å². The Bertz CT molecular complexity index is 381. The predicted molar refractivity (Wildman–Crippen MR) is 63.9 cm³/mol. The van der Waals surface area contributed by atoms with Crippen LogP contribution in [-0.4, -0.2) is 22.5 Å². The van der Waals surface area contributed by atoms with Gasteiger partial charge < -0.3 is 14.5 Å². The maximum atomic E-state index is 10.4. The molecule has 1 aromatic carbocycles. The molecule has 0 aliphatic rings. The second kappa shape index (κ2) is 6.17. The maximum Gasteiger partial charge on any atom is 0.469 e. The third-order valence-electron chi connectivity index (χ3n) is 1.95. The standard InChI is InChI=1S/C11H17O5P/c1-9(2)16-11-5-3-10(4-6-11)7-8-15-17(12,13)14/h3-6,9H,7-8H2,1-2H3,(H2,12,13,14). The Morgan fingerprint density at radius 1 is 1.24 bits per heavy atom. The van der Waals surface area contributed by atoms with E-state index in [2.05, 4.69) is 4.52 Å². The monoisotopic (exact) mass is 260 g/mol. The van der Waals surface area contributed by atoms with Crippen molar-refractivity contribution < 1.29 is 23.6 Å². The molecule has 0 saturated heterocycles. The van der Waals surface area contributed by atoms with Gasteiger partial charge in [0.15, 0.2) is 0 Å². The van der Waals surface area contributed by atoms with Crippen molar-refractivity contribution in [2.45, 2.75) is 26.4 Å². The van der Waals surface area contributed by atoms with Crippen LogP contribution in [0.3, 0.4) is 0 Å². The summed E-state index contributed by atoms with van der Waals surface area (Å²) in [5.41, 5.74) is 0.939. The molecule has 0 aliphatic carbocycles. The van der Waals surface area contributed by atoms with Gasteiger partial charge in [-0.05, 0) is 38.0 Å². The Kier molecular flexibility index (Phi) is 5.15. The van der Waals surface area contributed by atoms with E-state index >= 15 is 0 Å². The topological polar surface area (TPSA) is 76.0 Å². The molecule has 0 unspecified atom stereocenters. The van der Waals surface area contributed by atoms with Gasteiger partial charge in [0.1, 0.15) is 5.75 Å². The van der Waals surface area contributed by atoms with Crippen LogP contribution in [0.2, 0.25) is 0 Å². The number of ether oxygens (including phenoxy) is 1. The van der Waals surface area contributed by atoms with E-state index in [0.29, 0.717) is 6.42 Å². The van der Waals surface area contributed by atoms with Crippen molar-refractivity contribution in [1.82, 2.24) is 0 Å². The van der Waals surface area contributed by atoms with E-state index in [1.54, 1.807) is 0 Å². The first-order chi connectivity index (χ1) is 7.87. The van der Waals surface area contributed by atoms with Gasteiger partial charge in [0.05, 0.1) is 12.7 Å². The molecule has 17 heavy (non-hydrogen) atoms. The molecule has 0 radical (unpaired) electrons. The first-order valence-electron chi connectivity index (χ1n) is 5.32. The van der Waals surface area contributed by atoms with E-state index in [0.717, 1.165) is 11.3 Å². The number of phosphoric acid groups is 1. The summed E-state index contributed by atoms with van der Waals surface area (Å²) in [4.78, 5) is 17.0. The van der Waals surface area contributed by atoms with Crippen LogP contribution in [0.1, 0.15) is 19.4 Å². The van der Waals surface area contributed by atoms with Gasteiger partial charge in [-0.3, -0.25) is 4.52 Å². The summed E-state index contributed by atoms with van der Waals surface area (Å²) in [7, 11) is -4.36. The lowest BCUT2D eigenvalue weighted by Crippen LogP contribution is -2.05. The average molecular weight is 260 g/mol. The van der Waals surface area contributed by atoms with Gasteiger partial charge in [-0.15, -0.1) is 0 Å². The largest absolute Gasteiger partial charge is 0.491 e.